The zero-order chi connectivity index (χ0) is 22.3. The molecule has 0 amide bonds. The van der Waals surface area contributed by atoms with Gasteiger partial charge < -0.3 is 15.5 Å². The minimum atomic E-state index is -4.32. The van der Waals surface area contributed by atoms with E-state index in [4.69, 9.17) is 0 Å². The molecule has 2 rings (SSSR count). The fourth-order valence-corrected chi connectivity index (χ4v) is 3.22. The lowest BCUT2D eigenvalue weighted by molar-refractivity contribution is -0.137. The van der Waals surface area contributed by atoms with Gasteiger partial charge in [0.05, 0.1) is 17.8 Å². The van der Waals surface area contributed by atoms with Crippen LogP contribution in [0.25, 0.3) is 0 Å². The summed E-state index contributed by atoms with van der Waals surface area (Å²) >= 11 is 0. The molecule has 166 valence electrons. The molecular weight excluding hydrogens is 393 g/mol. The summed E-state index contributed by atoms with van der Waals surface area (Å²) in [6.07, 6.45) is 0.192. The Labute approximate surface area is 176 Å². The second kappa shape index (κ2) is 10.5. The topological polar surface area (TPSA) is 57.5 Å². The Morgan fingerprint density at radius 3 is 2.53 bits per heavy atom. The third kappa shape index (κ3) is 6.76. The predicted octanol–water partition coefficient (Wildman–Crippen LogP) is 3.40. The van der Waals surface area contributed by atoms with E-state index in [1.54, 1.807) is 17.8 Å². The van der Waals surface area contributed by atoms with E-state index in [0.29, 0.717) is 31.0 Å². The maximum absolute atomic E-state index is 12.9. The van der Waals surface area contributed by atoms with E-state index in [1.165, 1.54) is 12.1 Å². The zero-order valence-corrected chi connectivity index (χ0v) is 18.2. The molecule has 0 aliphatic carbocycles. The number of likely N-dealkylation sites (N-methyl/N-ethyl adjacent to an activating group) is 1. The predicted molar refractivity (Wildman–Crippen MR) is 113 cm³/mol. The number of hydrogen-bond donors (Lipinski definition) is 2. The van der Waals surface area contributed by atoms with Crippen LogP contribution in [0.1, 0.15) is 42.0 Å². The molecule has 0 radical (unpaired) electrons. The fraction of sp³-hybridized carbons (Fsp3) is 0.524. The summed E-state index contributed by atoms with van der Waals surface area (Å²) in [5.74, 6) is 0.643. The molecule has 30 heavy (non-hydrogen) atoms. The van der Waals surface area contributed by atoms with E-state index in [2.05, 4.69) is 25.6 Å². The van der Waals surface area contributed by atoms with Gasteiger partial charge in [-0.3, -0.25) is 9.67 Å². The second-order valence-electron chi connectivity index (χ2n) is 7.62. The molecule has 0 bridgehead atoms. The molecule has 2 unspecified atom stereocenters. The number of hydrogen-bond acceptors (Lipinski definition) is 3. The number of nitrogens with zero attached hydrogens (tertiary/aromatic N) is 4. The summed E-state index contributed by atoms with van der Waals surface area (Å²) in [5, 5.41) is 10.8. The molecule has 0 saturated carbocycles. The monoisotopic (exact) mass is 424 g/mol. The molecule has 6 nitrogen and oxygen atoms in total. The van der Waals surface area contributed by atoms with Gasteiger partial charge in [-0.2, -0.15) is 18.3 Å². The summed E-state index contributed by atoms with van der Waals surface area (Å²) in [6, 6.07) is 5.66. The van der Waals surface area contributed by atoms with Crippen LogP contribution < -0.4 is 10.6 Å². The first-order chi connectivity index (χ1) is 14.1. The van der Waals surface area contributed by atoms with Gasteiger partial charge in [0.2, 0.25) is 0 Å². The first-order valence-corrected chi connectivity index (χ1v) is 9.88. The number of alkyl halides is 3. The molecule has 0 spiro atoms. The SMILES string of the molecule is CN=C(NCCC(C)c1cccc(C(F)(F)F)c1)NCC(c1cnn(C)c1)N(C)C. The highest BCUT2D eigenvalue weighted by molar-refractivity contribution is 5.79. The summed E-state index contributed by atoms with van der Waals surface area (Å²) in [6.45, 7) is 3.16. The Balaban J connectivity index is 1.87. The van der Waals surface area contributed by atoms with Gasteiger partial charge in [0, 0.05) is 38.9 Å². The summed E-state index contributed by atoms with van der Waals surface area (Å²) in [7, 11) is 7.59. The van der Waals surface area contributed by atoms with E-state index in [1.807, 2.05) is 40.5 Å². The fourth-order valence-electron chi connectivity index (χ4n) is 3.22. The number of aryl methyl sites for hydroxylation is 1. The van der Waals surface area contributed by atoms with Gasteiger partial charge >= 0.3 is 6.18 Å². The van der Waals surface area contributed by atoms with Crippen molar-refractivity contribution in [1.29, 1.82) is 0 Å². The van der Waals surface area contributed by atoms with Crippen LogP contribution in [-0.4, -0.2) is 54.9 Å². The van der Waals surface area contributed by atoms with E-state index in [9.17, 15) is 13.2 Å². The van der Waals surface area contributed by atoms with Crippen LogP contribution in [0.15, 0.2) is 41.7 Å². The van der Waals surface area contributed by atoms with Crippen LogP contribution in [-0.2, 0) is 13.2 Å². The van der Waals surface area contributed by atoms with Gasteiger partial charge in [0.25, 0.3) is 0 Å². The van der Waals surface area contributed by atoms with E-state index in [0.717, 1.165) is 11.6 Å². The minimum Gasteiger partial charge on any atom is -0.356 e. The number of benzene rings is 1. The van der Waals surface area contributed by atoms with E-state index >= 15 is 0 Å². The first kappa shape index (κ1) is 23.7. The first-order valence-electron chi connectivity index (χ1n) is 9.88. The Kier molecular flexibility index (Phi) is 8.28. The number of rotatable bonds is 8. The highest BCUT2D eigenvalue weighted by Gasteiger charge is 2.30. The average Bonchev–Trinajstić information content (AvgIpc) is 3.11. The third-order valence-electron chi connectivity index (χ3n) is 5.07. The van der Waals surface area contributed by atoms with Crippen molar-refractivity contribution in [3.63, 3.8) is 0 Å². The lowest BCUT2D eigenvalue weighted by Gasteiger charge is -2.24. The smallest absolute Gasteiger partial charge is 0.356 e. The van der Waals surface area contributed by atoms with Crippen LogP contribution in [0.2, 0.25) is 0 Å². The van der Waals surface area contributed by atoms with Crippen molar-refractivity contribution >= 4 is 5.96 Å². The van der Waals surface area contributed by atoms with Crippen molar-refractivity contribution in [3.05, 3.63) is 53.3 Å². The van der Waals surface area contributed by atoms with Crippen LogP contribution in [0.4, 0.5) is 13.2 Å². The summed E-state index contributed by atoms with van der Waals surface area (Å²) in [5.41, 5.74) is 1.17. The normalized spacial score (nSPS) is 14.6. The largest absolute Gasteiger partial charge is 0.416 e. The molecule has 1 heterocycles. The molecule has 0 fully saturated rings. The Morgan fingerprint density at radius 2 is 1.97 bits per heavy atom. The van der Waals surface area contributed by atoms with Crippen molar-refractivity contribution in [2.45, 2.75) is 31.5 Å². The van der Waals surface area contributed by atoms with Crippen molar-refractivity contribution in [2.24, 2.45) is 12.0 Å². The van der Waals surface area contributed by atoms with Gasteiger partial charge in [-0.25, -0.2) is 0 Å². The van der Waals surface area contributed by atoms with Crippen molar-refractivity contribution < 1.29 is 13.2 Å². The van der Waals surface area contributed by atoms with Crippen LogP contribution in [0, 0.1) is 0 Å². The van der Waals surface area contributed by atoms with Crippen molar-refractivity contribution in [2.75, 3.05) is 34.2 Å². The third-order valence-corrected chi connectivity index (χ3v) is 5.07. The quantitative estimate of drug-likeness (QED) is 0.504. The molecule has 0 saturated heterocycles. The molecule has 2 atom stereocenters. The number of aromatic nitrogens is 2. The summed E-state index contributed by atoms with van der Waals surface area (Å²) < 4.78 is 40.5. The summed E-state index contributed by atoms with van der Waals surface area (Å²) in [4.78, 5) is 6.34. The Hall–Kier alpha value is -2.55. The molecule has 9 heteroatoms. The Bertz CT molecular complexity index is 828. The van der Waals surface area contributed by atoms with Crippen LogP contribution >= 0.6 is 0 Å². The van der Waals surface area contributed by atoms with E-state index in [-0.39, 0.29) is 12.0 Å². The van der Waals surface area contributed by atoms with Crippen molar-refractivity contribution in [3.8, 4) is 0 Å². The van der Waals surface area contributed by atoms with Gasteiger partial charge in [-0.15, -0.1) is 0 Å². The minimum absolute atomic E-state index is 0.0113. The number of halogens is 3. The molecule has 0 aliphatic heterocycles. The molecule has 0 aliphatic rings. The zero-order valence-electron chi connectivity index (χ0n) is 18.2. The maximum Gasteiger partial charge on any atom is 0.416 e. The second-order valence-corrected chi connectivity index (χ2v) is 7.62. The maximum atomic E-state index is 12.9. The lowest BCUT2D eigenvalue weighted by atomic mass is 9.96. The lowest BCUT2D eigenvalue weighted by Crippen LogP contribution is -2.42. The number of nitrogens with one attached hydrogen (secondary N) is 2. The number of aliphatic imine (C=N–C) groups is 1. The number of guanidine groups is 1. The van der Waals surface area contributed by atoms with Gasteiger partial charge in [-0.05, 0) is 38.1 Å². The van der Waals surface area contributed by atoms with Gasteiger partial charge in [0.15, 0.2) is 5.96 Å². The Morgan fingerprint density at radius 1 is 1.23 bits per heavy atom. The van der Waals surface area contributed by atoms with Gasteiger partial charge in [-0.1, -0.05) is 25.1 Å². The van der Waals surface area contributed by atoms with E-state index < -0.39 is 11.7 Å². The highest BCUT2D eigenvalue weighted by Crippen LogP contribution is 2.31. The van der Waals surface area contributed by atoms with Crippen molar-refractivity contribution in [1.82, 2.24) is 25.3 Å². The molecule has 1 aromatic heterocycles. The standard InChI is InChI=1S/C21H31F3N6/c1-15(16-7-6-8-18(11-16)21(22,23)24)9-10-26-20(25-2)27-13-19(29(3)4)17-12-28-30(5)14-17/h6-8,11-12,14-15,19H,9-10,13H2,1-5H3,(H2,25,26,27). The molecule has 2 aromatic rings. The highest BCUT2D eigenvalue weighted by atomic mass is 19.4. The van der Waals surface area contributed by atoms with Gasteiger partial charge in [0.1, 0.15) is 0 Å². The van der Waals surface area contributed by atoms with Crippen LogP contribution in [0.5, 0.6) is 0 Å². The average molecular weight is 425 g/mol. The van der Waals surface area contributed by atoms with Crippen LogP contribution in [0.3, 0.4) is 0 Å². The molecule has 1 aromatic carbocycles. The molecule has 2 N–H and O–H groups in total. The molecular formula is C21H31F3N6.